The summed E-state index contributed by atoms with van der Waals surface area (Å²) < 4.78 is 28.6. The second-order valence-electron chi connectivity index (χ2n) is 3.88. The largest absolute Gasteiger partial charge is 0.481 e. The van der Waals surface area contributed by atoms with Crippen molar-refractivity contribution in [2.45, 2.75) is 20.5 Å². The van der Waals surface area contributed by atoms with Gasteiger partial charge in [0.25, 0.3) is 5.91 Å². The molecule has 1 rings (SSSR count). The Hall–Kier alpha value is -1.70. The average molecular weight is 293 g/mol. The summed E-state index contributed by atoms with van der Waals surface area (Å²) in [6, 6.07) is 1.34. The number of hydrogen-bond acceptors (Lipinski definition) is 4. The van der Waals surface area contributed by atoms with Crippen LogP contribution in [0.5, 0.6) is 5.75 Å². The summed E-state index contributed by atoms with van der Waals surface area (Å²) in [6.45, 7) is -0.0175. The Balaban J connectivity index is 2.73. The molecule has 1 amide bonds. The zero-order valence-electron chi connectivity index (χ0n) is 10.3. The molecule has 0 fully saturated rings. The minimum absolute atomic E-state index is 0.00962. The molecule has 1 aromatic heterocycles. The molecule has 0 saturated heterocycles. The van der Waals surface area contributed by atoms with Crippen LogP contribution in [0.15, 0.2) is 6.07 Å². The zero-order chi connectivity index (χ0) is 14.6. The Kier molecular flexibility index (Phi) is 5.22. The van der Waals surface area contributed by atoms with Gasteiger partial charge in [0, 0.05) is 11.4 Å². The summed E-state index contributed by atoms with van der Waals surface area (Å²) in [4.78, 5) is 23.0. The second-order valence-corrected chi connectivity index (χ2v) is 5.13. The Morgan fingerprint density at radius 1 is 1.53 bits per heavy atom. The number of aliphatic carboxylic acids is 1. The second kappa shape index (κ2) is 6.46. The molecule has 5 nitrogen and oxygen atoms in total. The molecule has 19 heavy (non-hydrogen) atoms. The lowest BCUT2D eigenvalue weighted by molar-refractivity contribution is -0.140. The number of carboxylic acid groups (broad SMARTS) is 1. The monoisotopic (exact) mass is 293 g/mol. The molecule has 0 radical (unpaired) electrons. The van der Waals surface area contributed by atoms with Crippen LogP contribution in [0.2, 0.25) is 0 Å². The van der Waals surface area contributed by atoms with E-state index in [2.05, 4.69) is 10.1 Å². The van der Waals surface area contributed by atoms with Crippen LogP contribution in [0.1, 0.15) is 21.5 Å². The van der Waals surface area contributed by atoms with E-state index in [1.165, 1.54) is 13.0 Å². The Morgan fingerprint density at radius 2 is 2.16 bits per heavy atom. The first-order chi connectivity index (χ1) is 8.81. The fourth-order valence-corrected chi connectivity index (χ4v) is 2.11. The van der Waals surface area contributed by atoms with E-state index in [4.69, 9.17) is 5.11 Å². The average Bonchev–Trinajstić information content (AvgIpc) is 2.65. The number of ether oxygens (including phenoxy) is 1. The molecule has 0 spiro atoms. The van der Waals surface area contributed by atoms with Crippen molar-refractivity contribution in [2.24, 2.45) is 5.92 Å². The Labute approximate surface area is 112 Å². The molecule has 8 heteroatoms. The first kappa shape index (κ1) is 15.4. The van der Waals surface area contributed by atoms with Gasteiger partial charge in [0.2, 0.25) is 0 Å². The van der Waals surface area contributed by atoms with Crippen LogP contribution in [0.25, 0.3) is 0 Å². The third kappa shape index (κ3) is 4.47. The van der Waals surface area contributed by atoms with Gasteiger partial charge >= 0.3 is 12.6 Å². The number of aryl methyl sites for hydroxylation is 1. The summed E-state index contributed by atoms with van der Waals surface area (Å²) in [7, 11) is 0. The topological polar surface area (TPSA) is 75.6 Å². The number of nitrogens with one attached hydrogen (secondary N) is 1. The number of carboxylic acids is 1. The van der Waals surface area contributed by atoms with Crippen molar-refractivity contribution in [3.8, 4) is 5.75 Å². The van der Waals surface area contributed by atoms with Crippen molar-refractivity contribution in [1.82, 2.24) is 5.32 Å². The van der Waals surface area contributed by atoms with Gasteiger partial charge in [0.15, 0.2) is 0 Å². The summed E-state index contributed by atoms with van der Waals surface area (Å²) in [5, 5.41) is 11.0. The van der Waals surface area contributed by atoms with Gasteiger partial charge in [-0.25, -0.2) is 0 Å². The predicted octanol–water partition coefficient (Wildman–Crippen LogP) is 2.11. The highest BCUT2D eigenvalue weighted by atomic mass is 32.1. The molecule has 0 aliphatic carbocycles. The molecular weight excluding hydrogens is 280 g/mol. The van der Waals surface area contributed by atoms with Gasteiger partial charge in [-0.1, -0.05) is 6.92 Å². The molecule has 0 bridgehead atoms. The van der Waals surface area contributed by atoms with Crippen LogP contribution in [-0.4, -0.2) is 30.1 Å². The maximum Gasteiger partial charge on any atom is 0.387 e. The summed E-state index contributed by atoms with van der Waals surface area (Å²) in [6.07, 6.45) is 0. The number of rotatable bonds is 6. The minimum Gasteiger partial charge on any atom is -0.481 e. The van der Waals surface area contributed by atoms with Crippen molar-refractivity contribution >= 4 is 23.2 Å². The molecule has 1 heterocycles. The van der Waals surface area contributed by atoms with E-state index in [9.17, 15) is 18.4 Å². The number of halogens is 2. The maximum absolute atomic E-state index is 12.2. The van der Waals surface area contributed by atoms with Gasteiger partial charge in [-0.2, -0.15) is 8.78 Å². The molecule has 1 atom stereocenters. The third-order valence-electron chi connectivity index (χ3n) is 2.23. The van der Waals surface area contributed by atoms with Crippen LogP contribution >= 0.6 is 11.3 Å². The number of alkyl halides is 2. The lowest BCUT2D eigenvalue weighted by atomic mass is 10.2. The first-order valence-electron chi connectivity index (χ1n) is 5.37. The molecule has 2 N–H and O–H groups in total. The number of carbonyl (C=O) groups is 2. The Bertz CT molecular complexity index is 475. The summed E-state index contributed by atoms with van der Waals surface area (Å²) >= 11 is 1.01. The Morgan fingerprint density at radius 3 is 2.68 bits per heavy atom. The van der Waals surface area contributed by atoms with Gasteiger partial charge in [0.05, 0.1) is 5.92 Å². The number of thiophene rings is 1. The van der Waals surface area contributed by atoms with Crippen LogP contribution in [0.4, 0.5) is 8.78 Å². The van der Waals surface area contributed by atoms with Crippen molar-refractivity contribution in [3.63, 3.8) is 0 Å². The van der Waals surface area contributed by atoms with Gasteiger partial charge in [-0.05, 0) is 13.0 Å². The molecule has 1 aromatic rings. The van der Waals surface area contributed by atoms with Gasteiger partial charge in [-0.15, -0.1) is 11.3 Å². The van der Waals surface area contributed by atoms with E-state index in [0.29, 0.717) is 4.88 Å². The highest BCUT2D eigenvalue weighted by Crippen LogP contribution is 2.30. The van der Waals surface area contributed by atoms with Gasteiger partial charge in [0.1, 0.15) is 10.6 Å². The van der Waals surface area contributed by atoms with Crippen molar-refractivity contribution in [1.29, 1.82) is 0 Å². The normalized spacial score (nSPS) is 12.3. The quantitative estimate of drug-likeness (QED) is 0.842. The van der Waals surface area contributed by atoms with Crippen LogP contribution < -0.4 is 10.1 Å². The lowest BCUT2D eigenvalue weighted by Gasteiger charge is -2.09. The molecule has 0 aliphatic heterocycles. The molecule has 0 saturated carbocycles. The van der Waals surface area contributed by atoms with E-state index >= 15 is 0 Å². The highest BCUT2D eigenvalue weighted by molar-refractivity contribution is 7.14. The van der Waals surface area contributed by atoms with Crippen LogP contribution in [0.3, 0.4) is 0 Å². The van der Waals surface area contributed by atoms with Crippen LogP contribution in [0, 0.1) is 12.8 Å². The van der Waals surface area contributed by atoms with E-state index in [0.717, 1.165) is 11.3 Å². The molecule has 0 aliphatic rings. The fourth-order valence-electron chi connectivity index (χ4n) is 1.25. The summed E-state index contributed by atoms with van der Waals surface area (Å²) in [5.41, 5.74) is 0. The lowest BCUT2D eigenvalue weighted by Crippen LogP contribution is -2.31. The van der Waals surface area contributed by atoms with Crippen LogP contribution in [-0.2, 0) is 4.79 Å². The summed E-state index contributed by atoms with van der Waals surface area (Å²) in [5.74, 6) is -2.63. The third-order valence-corrected chi connectivity index (χ3v) is 3.26. The minimum atomic E-state index is -3.02. The molecular formula is C11H13F2NO4S. The van der Waals surface area contributed by atoms with Crippen molar-refractivity contribution in [2.75, 3.05) is 6.54 Å². The van der Waals surface area contributed by atoms with Crippen molar-refractivity contribution < 1.29 is 28.2 Å². The number of carbonyl (C=O) groups excluding carboxylic acids is 1. The predicted molar refractivity (Wildman–Crippen MR) is 64.8 cm³/mol. The van der Waals surface area contributed by atoms with Gasteiger partial charge < -0.3 is 15.2 Å². The van der Waals surface area contributed by atoms with Crippen molar-refractivity contribution in [3.05, 3.63) is 15.8 Å². The molecule has 0 aromatic carbocycles. The maximum atomic E-state index is 12.2. The number of amides is 1. The number of hydrogen-bond donors (Lipinski definition) is 2. The van der Waals surface area contributed by atoms with E-state index in [1.54, 1.807) is 6.92 Å². The van der Waals surface area contributed by atoms with E-state index in [1.807, 2.05) is 0 Å². The van der Waals surface area contributed by atoms with Gasteiger partial charge in [-0.3, -0.25) is 9.59 Å². The zero-order valence-corrected chi connectivity index (χ0v) is 11.1. The highest BCUT2D eigenvalue weighted by Gasteiger charge is 2.20. The standard InChI is InChI=1S/C11H13F2NO4S/c1-5(10(16)17)4-14-9(15)8-7(18-11(12)13)3-6(2)19-8/h3,5,11H,4H2,1-2H3,(H,14,15)(H,16,17). The van der Waals surface area contributed by atoms with E-state index in [-0.39, 0.29) is 17.2 Å². The van der Waals surface area contributed by atoms with E-state index < -0.39 is 24.4 Å². The molecule has 106 valence electrons. The SMILES string of the molecule is Cc1cc(OC(F)F)c(C(=O)NCC(C)C(=O)O)s1. The smallest absolute Gasteiger partial charge is 0.387 e. The fraction of sp³-hybridized carbons (Fsp3) is 0.455. The first-order valence-corrected chi connectivity index (χ1v) is 6.19. The molecule has 1 unspecified atom stereocenters.